The Hall–Kier alpha value is -3.32. The van der Waals surface area contributed by atoms with Gasteiger partial charge in [0, 0.05) is 28.9 Å². The van der Waals surface area contributed by atoms with Crippen molar-refractivity contribution in [2.24, 2.45) is 0 Å². The van der Waals surface area contributed by atoms with E-state index in [-0.39, 0.29) is 18.8 Å². The molecule has 0 aliphatic rings. The second-order valence-corrected chi connectivity index (χ2v) is 11.0. The Bertz CT molecular complexity index is 1610. The summed E-state index contributed by atoms with van der Waals surface area (Å²) in [6, 6.07) is 25.2. The molecule has 9 heteroatoms. The molecular formula is C29H22I2N2O5. The second-order valence-electron chi connectivity index (χ2n) is 8.67. The van der Waals surface area contributed by atoms with Crippen molar-refractivity contribution in [2.45, 2.75) is 19.1 Å². The van der Waals surface area contributed by atoms with Gasteiger partial charge in [-0.2, -0.15) is 0 Å². The van der Waals surface area contributed by atoms with Crippen molar-refractivity contribution < 1.29 is 23.8 Å². The first-order chi connectivity index (χ1) is 18.4. The minimum Gasteiger partial charge on any atom is -0.506 e. The van der Waals surface area contributed by atoms with Crippen LogP contribution in [0.3, 0.4) is 0 Å². The Balaban J connectivity index is 1.36. The molecule has 5 aromatic rings. The Labute approximate surface area is 245 Å². The first-order valence-corrected chi connectivity index (χ1v) is 13.9. The third kappa shape index (κ3) is 6.04. The normalized spacial score (nSPS) is 11.8. The Kier molecular flexibility index (Phi) is 8.03. The first-order valence-electron chi connectivity index (χ1n) is 11.7. The number of hydrogen-bond acceptors (Lipinski definition) is 5. The number of nitrogens with one attached hydrogen (secondary N) is 2. The summed E-state index contributed by atoms with van der Waals surface area (Å²) in [4.78, 5) is 26.1. The van der Waals surface area contributed by atoms with Crippen LogP contribution >= 0.6 is 45.2 Å². The number of rotatable bonds is 7. The summed E-state index contributed by atoms with van der Waals surface area (Å²) in [5, 5.41) is 17.7. The maximum absolute atomic E-state index is 13.4. The largest absolute Gasteiger partial charge is 0.506 e. The van der Waals surface area contributed by atoms with Crippen LogP contribution in [0.1, 0.15) is 11.1 Å². The molecule has 4 aromatic carbocycles. The molecule has 192 valence electrons. The third-order valence-corrected chi connectivity index (χ3v) is 7.63. The van der Waals surface area contributed by atoms with E-state index >= 15 is 0 Å². The number of carbonyl (C=O) groups excluding carboxylic acids is 2. The molecule has 1 aromatic heterocycles. The average Bonchev–Trinajstić information content (AvgIpc) is 3.28. The number of ether oxygens (including phenoxy) is 1. The highest BCUT2D eigenvalue weighted by molar-refractivity contribution is 14.1. The van der Waals surface area contributed by atoms with Gasteiger partial charge in [0.2, 0.25) is 5.91 Å². The van der Waals surface area contributed by atoms with E-state index < -0.39 is 18.0 Å². The molecule has 0 bridgehead atoms. The van der Waals surface area contributed by atoms with Crippen molar-refractivity contribution in [1.82, 2.24) is 5.32 Å². The van der Waals surface area contributed by atoms with Gasteiger partial charge in [-0.1, -0.05) is 48.5 Å². The van der Waals surface area contributed by atoms with Gasteiger partial charge in [-0.05, 0) is 86.6 Å². The number of para-hydroxylation sites is 1. The molecule has 1 atom stereocenters. The zero-order valence-corrected chi connectivity index (χ0v) is 24.2. The Morgan fingerprint density at radius 3 is 2.29 bits per heavy atom. The Morgan fingerprint density at radius 2 is 1.53 bits per heavy atom. The number of anilines is 1. The molecular weight excluding hydrogens is 710 g/mol. The van der Waals surface area contributed by atoms with Crippen molar-refractivity contribution in [1.29, 1.82) is 0 Å². The van der Waals surface area contributed by atoms with Gasteiger partial charge >= 0.3 is 6.09 Å². The minimum atomic E-state index is -0.930. The molecule has 0 unspecified atom stereocenters. The summed E-state index contributed by atoms with van der Waals surface area (Å²) in [7, 11) is 0. The molecule has 0 aliphatic carbocycles. The number of phenols is 1. The molecule has 38 heavy (non-hydrogen) atoms. The van der Waals surface area contributed by atoms with E-state index in [0.717, 1.165) is 27.5 Å². The number of carbonyl (C=O) groups is 2. The van der Waals surface area contributed by atoms with E-state index in [1.54, 1.807) is 24.3 Å². The molecule has 0 fully saturated rings. The molecule has 3 N–H and O–H groups in total. The van der Waals surface area contributed by atoms with Gasteiger partial charge in [-0.3, -0.25) is 4.79 Å². The summed E-state index contributed by atoms with van der Waals surface area (Å²) in [6.07, 6.45) is -0.504. The fourth-order valence-electron chi connectivity index (χ4n) is 4.12. The molecule has 1 heterocycles. The van der Waals surface area contributed by atoms with Gasteiger partial charge in [0.05, 0.1) is 7.14 Å². The zero-order valence-electron chi connectivity index (χ0n) is 19.9. The predicted octanol–water partition coefficient (Wildman–Crippen LogP) is 6.98. The van der Waals surface area contributed by atoms with E-state index in [1.807, 2.05) is 106 Å². The van der Waals surface area contributed by atoms with Crippen LogP contribution in [0.5, 0.6) is 5.75 Å². The zero-order chi connectivity index (χ0) is 26.6. The third-order valence-electron chi connectivity index (χ3n) is 5.98. The lowest BCUT2D eigenvalue weighted by atomic mass is 10.0. The average molecular weight is 732 g/mol. The van der Waals surface area contributed by atoms with Crippen LogP contribution in [-0.4, -0.2) is 23.1 Å². The predicted molar refractivity (Wildman–Crippen MR) is 163 cm³/mol. The van der Waals surface area contributed by atoms with Gasteiger partial charge in [0.15, 0.2) is 0 Å². The summed E-state index contributed by atoms with van der Waals surface area (Å²) in [5.74, 6) is -0.222. The summed E-state index contributed by atoms with van der Waals surface area (Å²) in [6.45, 7) is 0.0821. The highest BCUT2D eigenvalue weighted by Crippen LogP contribution is 2.31. The highest BCUT2D eigenvalue weighted by Gasteiger charge is 2.24. The number of amides is 2. The fourth-order valence-corrected chi connectivity index (χ4v) is 6.02. The fraction of sp³-hybridized carbons (Fsp3) is 0.103. The van der Waals surface area contributed by atoms with Crippen LogP contribution in [0.25, 0.3) is 21.9 Å². The standard InChI is InChI=1S/C29H22I2N2O5/c30-22-12-18(13-23(31)27(22)34)14-24(33-29(36)37-16-17-6-2-1-3-7-17)28(35)32-19-10-11-21-20-8-4-5-9-25(20)38-26(21)15-19/h1-13,15,24,34H,14,16H2,(H,32,35)(H,33,36)/t24-/m0/s1. The van der Waals surface area contributed by atoms with Crippen LogP contribution in [0.4, 0.5) is 10.5 Å². The SMILES string of the molecule is O=C(N[C@@H](Cc1cc(I)c(O)c(I)c1)C(=O)Nc1ccc2c(c1)oc1ccccc12)OCc1ccccc1. The van der Waals surface area contributed by atoms with Gasteiger partial charge < -0.3 is 24.9 Å². The van der Waals surface area contributed by atoms with Crippen molar-refractivity contribution in [3.05, 3.63) is 103 Å². The van der Waals surface area contributed by atoms with E-state index in [9.17, 15) is 14.7 Å². The molecule has 0 saturated carbocycles. The second kappa shape index (κ2) is 11.6. The molecule has 0 aliphatic heterocycles. The number of alkyl carbamates (subject to hydrolysis) is 1. The molecule has 7 nitrogen and oxygen atoms in total. The number of furan rings is 1. The van der Waals surface area contributed by atoms with Gasteiger partial charge in [-0.15, -0.1) is 0 Å². The van der Waals surface area contributed by atoms with Crippen LogP contribution in [0.2, 0.25) is 0 Å². The molecule has 0 radical (unpaired) electrons. The number of aromatic hydroxyl groups is 1. The number of halogens is 2. The van der Waals surface area contributed by atoms with Gasteiger partial charge in [-0.25, -0.2) is 4.79 Å². The lowest BCUT2D eigenvalue weighted by Crippen LogP contribution is -2.45. The maximum atomic E-state index is 13.4. The summed E-state index contributed by atoms with van der Waals surface area (Å²) >= 11 is 4.08. The minimum absolute atomic E-state index is 0.0821. The lowest BCUT2D eigenvalue weighted by Gasteiger charge is -2.19. The number of benzene rings is 4. The number of fused-ring (bicyclic) bond motifs is 3. The van der Waals surface area contributed by atoms with Crippen molar-refractivity contribution in [3.63, 3.8) is 0 Å². The quantitative estimate of drug-likeness (QED) is 0.157. The van der Waals surface area contributed by atoms with Crippen molar-refractivity contribution in [2.75, 3.05) is 5.32 Å². The van der Waals surface area contributed by atoms with E-state index in [0.29, 0.717) is 18.4 Å². The number of phenolic OH excluding ortho intramolecular Hbond substituents is 1. The van der Waals surface area contributed by atoms with Crippen LogP contribution < -0.4 is 10.6 Å². The van der Waals surface area contributed by atoms with E-state index in [1.165, 1.54) is 0 Å². The van der Waals surface area contributed by atoms with Crippen LogP contribution in [0.15, 0.2) is 89.3 Å². The van der Waals surface area contributed by atoms with Gasteiger partial charge in [0.1, 0.15) is 29.6 Å². The molecule has 5 rings (SSSR count). The lowest BCUT2D eigenvalue weighted by molar-refractivity contribution is -0.118. The first kappa shape index (κ1) is 26.3. The van der Waals surface area contributed by atoms with Crippen LogP contribution in [-0.2, 0) is 22.6 Å². The molecule has 0 saturated heterocycles. The molecule has 2 amide bonds. The van der Waals surface area contributed by atoms with E-state index in [4.69, 9.17) is 9.15 Å². The summed E-state index contributed by atoms with van der Waals surface area (Å²) < 4.78 is 12.6. The summed E-state index contributed by atoms with van der Waals surface area (Å²) in [5.41, 5.74) is 3.58. The maximum Gasteiger partial charge on any atom is 0.408 e. The monoisotopic (exact) mass is 732 g/mol. The topological polar surface area (TPSA) is 101 Å². The molecule has 0 spiro atoms. The van der Waals surface area contributed by atoms with Crippen molar-refractivity contribution >= 4 is 84.8 Å². The number of hydrogen-bond donors (Lipinski definition) is 3. The van der Waals surface area contributed by atoms with Gasteiger partial charge in [0.25, 0.3) is 0 Å². The highest BCUT2D eigenvalue weighted by atomic mass is 127. The van der Waals surface area contributed by atoms with Crippen LogP contribution in [0, 0.1) is 7.14 Å². The van der Waals surface area contributed by atoms with E-state index in [2.05, 4.69) is 10.6 Å². The van der Waals surface area contributed by atoms with Crippen molar-refractivity contribution in [3.8, 4) is 5.75 Å². The smallest absolute Gasteiger partial charge is 0.408 e. The Morgan fingerprint density at radius 1 is 0.842 bits per heavy atom.